The summed E-state index contributed by atoms with van der Waals surface area (Å²) in [5, 5.41) is 15.2. The standard InChI is InChI=1S/C15H22F2N2O3/c1-3-22-8-4-7-18-15(21)19-10(2)14(20)11-5-6-12(16)13(17)9-11/h5-6,9-10,14,20H,3-4,7-8H2,1-2H3,(H2,18,19,21). The fraction of sp³-hybridized carbons (Fsp3) is 0.533. The Morgan fingerprint density at radius 2 is 2.09 bits per heavy atom. The molecular formula is C15H22F2N2O3. The molecule has 2 amide bonds. The van der Waals surface area contributed by atoms with Crippen LogP contribution in [-0.4, -0.2) is 36.9 Å². The van der Waals surface area contributed by atoms with E-state index in [1.165, 1.54) is 6.07 Å². The van der Waals surface area contributed by atoms with Crippen LogP contribution in [0.1, 0.15) is 31.9 Å². The SMILES string of the molecule is CCOCCCNC(=O)NC(C)C(O)c1ccc(F)c(F)c1. The molecule has 2 unspecified atom stereocenters. The van der Waals surface area contributed by atoms with E-state index >= 15 is 0 Å². The van der Waals surface area contributed by atoms with Crippen molar-refractivity contribution in [2.75, 3.05) is 19.8 Å². The van der Waals surface area contributed by atoms with E-state index in [0.717, 1.165) is 12.1 Å². The summed E-state index contributed by atoms with van der Waals surface area (Å²) in [6, 6.07) is 2.04. The molecule has 0 heterocycles. The van der Waals surface area contributed by atoms with Crippen molar-refractivity contribution in [1.82, 2.24) is 10.6 Å². The summed E-state index contributed by atoms with van der Waals surface area (Å²) < 4.78 is 31.1. The first kappa shape index (κ1) is 18.3. The average Bonchev–Trinajstić information content (AvgIpc) is 2.49. The van der Waals surface area contributed by atoms with Crippen LogP contribution in [0.15, 0.2) is 18.2 Å². The summed E-state index contributed by atoms with van der Waals surface area (Å²) in [4.78, 5) is 11.6. The van der Waals surface area contributed by atoms with Crippen molar-refractivity contribution in [3.63, 3.8) is 0 Å². The number of halogens is 2. The number of hydrogen-bond acceptors (Lipinski definition) is 3. The highest BCUT2D eigenvalue weighted by atomic mass is 19.2. The number of benzene rings is 1. The lowest BCUT2D eigenvalue weighted by Gasteiger charge is -2.21. The topological polar surface area (TPSA) is 70.6 Å². The van der Waals surface area contributed by atoms with Crippen LogP contribution in [0.5, 0.6) is 0 Å². The molecule has 0 aliphatic heterocycles. The van der Waals surface area contributed by atoms with E-state index in [9.17, 15) is 18.7 Å². The van der Waals surface area contributed by atoms with Gasteiger partial charge in [0.1, 0.15) is 0 Å². The second kappa shape index (κ2) is 9.32. The predicted molar refractivity (Wildman–Crippen MR) is 78.4 cm³/mol. The lowest BCUT2D eigenvalue weighted by molar-refractivity contribution is 0.135. The molecule has 0 aromatic heterocycles. The molecule has 1 rings (SSSR count). The maximum absolute atomic E-state index is 13.1. The molecule has 0 radical (unpaired) electrons. The molecule has 7 heteroatoms. The molecule has 3 N–H and O–H groups in total. The van der Waals surface area contributed by atoms with E-state index in [0.29, 0.717) is 26.2 Å². The van der Waals surface area contributed by atoms with Gasteiger partial charge in [-0.2, -0.15) is 0 Å². The smallest absolute Gasteiger partial charge is 0.315 e. The fourth-order valence-corrected chi connectivity index (χ4v) is 1.84. The van der Waals surface area contributed by atoms with Crippen molar-refractivity contribution < 1.29 is 23.4 Å². The minimum Gasteiger partial charge on any atom is -0.386 e. The van der Waals surface area contributed by atoms with Crippen LogP contribution >= 0.6 is 0 Å². The van der Waals surface area contributed by atoms with Crippen LogP contribution in [0.2, 0.25) is 0 Å². The van der Waals surface area contributed by atoms with Crippen LogP contribution in [0.3, 0.4) is 0 Å². The molecule has 22 heavy (non-hydrogen) atoms. The van der Waals surface area contributed by atoms with E-state index < -0.39 is 29.8 Å². The maximum Gasteiger partial charge on any atom is 0.315 e. The molecule has 0 spiro atoms. The molecule has 1 aromatic carbocycles. The highest BCUT2D eigenvalue weighted by Gasteiger charge is 2.19. The summed E-state index contributed by atoms with van der Waals surface area (Å²) in [6.07, 6.45) is -0.453. The minimum absolute atomic E-state index is 0.197. The Kier molecular flexibility index (Phi) is 7.76. The van der Waals surface area contributed by atoms with Crippen molar-refractivity contribution in [2.45, 2.75) is 32.4 Å². The van der Waals surface area contributed by atoms with E-state index in [1.807, 2.05) is 6.92 Å². The van der Waals surface area contributed by atoms with E-state index in [1.54, 1.807) is 6.92 Å². The van der Waals surface area contributed by atoms with Gasteiger partial charge < -0.3 is 20.5 Å². The van der Waals surface area contributed by atoms with Crippen molar-refractivity contribution in [2.24, 2.45) is 0 Å². The number of aliphatic hydroxyl groups is 1. The molecule has 0 saturated carbocycles. The quantitative estimate of drug-likeness (QED) is 0.643. The summed E-state index contributed by atoms with van der Waals surface area (Å²) in [5.41, 5.74) is 0.197. The molecular weight excluding hydrogens is 294 g/mol. The number of aliphatic hydroxyl groups excluding tert-OH is 1. The van der Waals surface area contributed by atoms with Crippen molar-refractivity contribution in [3.8, 4) is 0 Å². The number of ether oxygens (including phenoxy) is 1. The number of nitrogens with one attached hydrogen (secondary N) is 2. The average molecular weight is 316 g/mol. The van der Waals surface area contributed by atoms with Crippen LogP contribution in [0.4, 0.5) is 13.6 Å². The zero-order valence-electron chi connectivity index (χ0n) is 12.7. The van der Waals surface area contributed by atoms with Crippen LogP contribution in [-0.2, 0) is 4.74 Å². The Bertz CT molecular complexity index is 486. The van der Waals surface area contributed by atoms with E-state index in [2.05, 4.69) is 10.6 Å². The summed E-state index contributed by atoms with van der Waals surface area (Å²) in [7, 11) is 0. The molecule has 0 aliphatic rings. The van der Waals surface area contributed by atoms with Gasteiger partial charge in [-0.25, -0.2) is 13.6 Å². The third kappa shape index (κ3) is 5.95. The third-order valence-electron chi connectivity index (χ3n) is 3.07. The Hall–Kier alpha value is -1.73. The zero-order chi connectivity index (χ0) is 16.5. The summed E-state index contributed by atoms with van der Waals surface area (Å²) >= 11 is 0. The molecule has 0 fully saturated rings. The van der Waals surface area contributed by atoms with Gasteiger partial charge in [-0.1, -0.05) is 6.07 Å². The van der Waals surface area contributed by atoms with Gasteiger partial charge in [-0.05, 0) is 38.0 Å². The minimum atomic E-state index is -1.13. The summed E-state index contributed by atoms with van der Waals surface area (Å²) in [5.74, 6) is -2.02. The molecule has 1 aromatic rings. The van der Waals surface area contributed by atoms with Gasteiger partial charge >= 0.3 is 6.03 Å². The first-order valence-corrected chi connectivity index (χ1v) is 7.20. The van der Waals surface area contributed by atoms with Crippen molar-refractivity contribution >= 4 is 6.03 Å². The molecule has 2 atom stereocenters. The molecule has 0 saturated heterocycles. The van der Waals surface area contributed by atoms with Crippen LogP contribution in [0.25, 0.3) is 0 Å². The van der Waals surface area contributed by atoms with Crippen LogP contribution in [0, 0.1) is 11.6 Å². The zero-order valence-corrected chi connectivity index (χ0v) is 12.7. The number of urea groups is 1. The first-order chi connectivity index (χ1) is 10.5. The number of carbonyl (C=O) groups excluding carboxylic acids is 1. The Labute approximate surface area is 128 Å². The number of rotatable bonds is 8. The Morgan fingerprint density at radius 1 is 1.36 bits per heavy atom. The predicted octanol–water partition coefficient (Wildman–Crippen LogP) is 2.11. The third-order valence-corrected chi connectivity index (χ3v) is 3.07. The second-order valence-electron chi connectivity index (χ2n) is 4.86. The molecule has 0 bridgehead atoms. The first-order valence-electron chi connectivity index (χ1n) is 7.20. The highest BCUT2D eigenvalue weighted by Crippen LogP contribution is 2.19. The van der Waals surface area contributed by atoms with Gasteiger partial charge in [-0.3, -0.25) is 0 Å². The number of hydrogen-bond donors (Lipinski definition) is 3. The van der Waals surface area contributed by atoms with Gasteiger partial charge in [0.2, 0.25) is 0 Å². The maximum atomic E-state index is 13.1. The number of amides is 2. The van der Waals surface area contributed by atoms with Gasteiger partial charge in [0.25, 0.3) is 0 Å². The van der Waals surface area contributed by atoms with Gasteiger partial charge in [0.15, 0.2) is 11.6 Å². The van der Waals surface area contributed by atoms with Gasteiger partial charge in [0, 0.05) is 19.8 Å². The lowest BCUT2D eigenvalue weighted by atomic mass is 10.0. The van der Waals surface area contributed by atoms with Crippen LogP contribution < -0.4 is 10.6 Å². The monoisotopic (exact) mass is 316 g/mol. The molecule has 124 valence electrons. The van der Waals surface area contributed by atoms with Gasteiger partial charge in [0.05, 0.1) is 12.1 Å². The Balaban J connectivity index is 2.41. The fourth-order valence-electron chi connectivity index (χ4n) is 1.84. The number of carbonyl (C=O) groups is 1. The Morgan fingerprint density at radius 3 is 2.73 bits per heavy atom. The normalized spacial score (nSPS) is 13.5. The van der Waals surface area contributed by atoms with Gasteiger partial charge in [-0.15, -0.1) is 0 Å². The largest absolute Gasteiger partial charge is 0.386 e. The van der Waals surface area contributed by atoms with Crippen molar-refractivity contribution in [3.05, 3.63) is 35.4 Å². The second-order valence-corrected chi connectivity index (χ2v) is 4.86. The van der Waals surface area contributed by atoms with E-state index in [-0.39, 0.29) is 5.56 Å². The molecule has 5 nitrogen and oxygen atoms in total. The lowest BCUT2D eigenvalue weighted by Crippen LogP contribution is -2.43. The highest BCUT2D eigenvalue weighted by molar-refractivity contribution is 5.74. The van der Waals surface area contributed by atoms with Crippen molar-refractivity contribution in [1.29, 1.82) is 0 Å². The molecule has 0 aliphatic carbocycles. The van der Waals surface area contributed by atoms with E-state index in [4.69, 9.17) is 4.74 Å². The summed E-state index contributed by atoms with van der Waals surface area (Å²) in [6.45, 7) is 5.10.